The van der Waals surface area contributed by atoms with E-state index in [1.165, 1.54) is 0 Å². The van der Waals surface area contributed by atoms with Crippen LogP contribution in [-0.4, -0.2) is 9.55 Å². The molecular formula is C55H35N3O2. The summed E-state index contributed by atoms with van der Waals surface area (Å²) in [5, 5.41) is 4.41. The van der Waals surface area contributed by atoms with Crippen molar-refractivity contribution in [2.45, 2.75) is 0 Å². The predicted octanol–water partition coefficient (Wildman–Crippen LogP) is 15.3. The molecule has 60 heavy (non-hydrogen) atoms. The third-order valence-corrected chi connectivity index (χ3v) is 11.6. The van der Waals surface area contributed by atoms with Crippen LogP contribution in [0.5, 0.6) is 0 Å². The Morgan fingerprint density at radius 1 is 0.367 bits per heavy atom. The second-order valence-electron chi connectivity index (χ2n) is 15.2. The minimum Gasteiger partial charge on any atom is -0.456 e. The summed E-state index contributed by atoms with van der Waals surface area (Å²) >= 11 is 0. The van der Waals surface area contributed by atoms with Crippen molar-refractivity contribution >= 4 is 72.0 Å². The molecule has 12 aromatic rings. The zero-order valence-corrected chi connectivity index (χ0v) is 32.4. The number of hydrogen-bond acceptors (Lipinski definition) is 4. The van der Waals surface area contributed by atoms with Gasteiger partial charge in [0.25, 0.3) is 0 Å². The SMILES string of the molecule is c1ccc(-c2nc3c(-c4cccc(-c5ccc(N(c6ccc7c(c6)oc6ccccc67)c6ccc7c(c6)oc6ccccc67)cc5)c4)cccc3n2-c2ccccc2)cc1. The summed E-state index contributed by atoms with van der Waals surface area (Å²) in [4.78, 5) is 7.60. The minimum atomic E-state index is 0.844. The van der Waals surface area contributed by atoms with Crippen LogP contribution >= 0.6 is 0 Å². The van der Waals surface area contributed by atoms with Gasteiger partial charge >= 0.3 is 0 Å². The number of anilines is 3. The molecule has 9 aromatic carbocycles. The van der Waals surface area contributed by atoms with E-state index >= 15 is 0 Å². The molecule has 0 amide bonds. The normalized spacial score (nSPS) is 11.7. The van der Waals surface area contributed by atoms with Gasteiger partial charge in [0.05, 0.1) is 11.0 Å². The van der Waals surface area contributed by atoms with Crippen molar-refractivity contribution in [1.82, 2.24) is 9.55 Å². The maximum atomic E-state index is 6.38. The molecule has 12 rings (SSSR count). The molecule has 0 aliphatic carbocycles. The number of furan rings is 2. The largest absolute Gasteiger partial charge is 0.456 e. The topological polar surface area (TPSA) is 47.3 Å². The third kappa shape index (κ3) is 5.59. The van der Waals surface area contributed by atoms with Crippen molar-refractivity contribution < 1.29 is 8.83 Å². The van der Waals surface area contributed by atoms with Gasteiger partial charge < -0.3 is 13.7 Å². The lowest BCUT2D eigenvalue weighted by Crippen LogP contribution is -2.09. The van der Waals surface area contributed by atoms with Gasteiger partial charge in [-0.15, -0.1) is 0 Å². The lowest BCUT2D eigenvalue weighted by molar-refractivity contribution is 0.669. The average molecular weight is 770 g/mol. The van der Waals surface area contributed by atoms with E-state index in [2.05, 4.69) is 185 Å². The van der Waals surface area contributed by atoms with Crippen molar-refractivity contribution in [3.63, 3.8) is 0 Å². The van der Waals surface area contributed by atoms with Gasteiger partial charge in [-0.05, 0) is 89.5 Å². The number of benzene rings is 9. The number of fused-ring (bicyclic) bond motifs is 7. The van der Waals surface area contributed by atoms with Crippen LogP contribution < -0.4 is 4.90 Å². The molecule has 0 radical (unpaired) electrons. The Morgan fingerprint density at radius 3 is 1.57 bits per heavy atom. The average Bonchev–Trinajstić information content (AvgIpc) is 4.01. The van der Waals surface area contributed by atoms with E-state index in [0.29, 0.717) is 0 Å². The molecule has 0 fully saturated rings. The molecule has 0 aliphatic heterocycles. The summed E-state index contributed by atoms with van der Waals surface area (Å²) in [7, 11) is 0. The van der Waals surface area contributed by atoms with E-state index in [4.69, 9.17) is 13.8 Å². The Labute approximate surface area is 345 Å². The van der Waals surface area contributed by atoms with E-state index in [0.717, 1.165) is 111 Å². The van der Waals surface area contributed by atoms with Crippen molar-refractivity contribution in [3.8, 4) is 39.3 Å². The molecular weight excluding hydrogens is 735 g/mol. The highest BCUT2D eigenvalue weighted by Crippen LogP contribution is 2.42. The number of para-hydroxylation sites is 4. The lowest BCUT2D eigenvalue weighted by atomic mass is 9.98. The monoisotopic (exact) mass is 769 g/mol. The fourth-order valence-corrected chi connectivity index (χ4v) is 8.78. The van der Waals surface area contributed by atoms with Crippen molar-refractivity contribution in [3.05, 3.63) is 212 Å². The summed E-state index contributed by atoms with van der Waals surface area (Å²) in [5.41, 5.74) is 15.1. The highest BCUT2D eigenvalue weighted by molar-refractivity contribution is 6.08. The quantitative estimate of drug-likeness (QED) is 0.162. The molecule has 0 N–H and O–H groups in total. The molecule has 3 aromatic heterocycles. The Bertz CT molecular complexity index is 3430. The molecule has 3 heterocycles. The Balaban J connectivity index is 0.953. The number of imidazole rings is 1. The summed E-state index contributed by atoms with van der Waals surface area (Å²) in [5.74, 6) is 0.916. The molecule has 0 unspecified atom stereocenters. The van der Waals surface area contributed by atoms with Crippen LogP contribution in [0.1, 0.15) is 0 Å². The van der Waals surface area contributed by atoms with Gasteiger partial charge in [-0.2, -0.15) is 0 Å². The second kappa shape index (κ2) is 13.8. The number of rotatable bonds is 7. The molecule has 0 spiro atoms. The van der Waals surface area contributed by atoms with Crippen molar-refractivity contribution in [2.24, 2.45) is 0 Å². The molecule has 5 heteroatoms. The number of aromatic nitrogens is 2. The smallest absolute Gasteiger partial charge is 0.145 e. The predicted molar refractivity (Wildman–Crippen MR) is 247 cm³/mol. The van der Waals surface area contributed by atoms with Gasteiger partial charge in [-0.3, -0.25) is 4.57 Å². The van der Waals surface area contributed by atoms with E-state index < -0.39 is 0 Å². The first kappa shape index (κ1) is 33.9. The van der Waals surface area contributed by atoms with Crippen LogP contribution in [-0.2, 0) is 0 Å². The molecule has 0 bridgehead atoms. The van der Waals surface area contributed by atoms with Gasteiger partial charge in [-0.1, -0.05) is 127 Å². The van der Waals surface area contributed by atoms with E-state index in [9.17, 15) is 0 Å². The highest BCUT2D eigenvalue weighted by atomic mass is 16.3. The number of nitrogens with zero attached hydrogens (tertiary/aromatic N) is 3. The van der Waals surface area contributed by atoms with Crippen LogP contribution in [0.15, 0.2) is 221 Å². The summed E-state index contributed by atoms with van der Waals surface area (Å²) in [6.45, 7) is 0. The Kier molecular flexibility index (Phi) is 7.78. The maximum absolute atomic E-state index is 6.38. The molecule has 0 saturated heterocycles. The molecule has 5 nitrogen and oxygen atoms in total. The lowest BCUT2D eigenvalue weighted by Gasteiger charge is -2.25. The van der Waals surface area contributed by atoms with E-state index in [1.54, 1.807) is 0 Å². The molecule has 0 aliphatic rings. The van der Waals surface area contributed by atoms with Crippen LogP contribution in [0.4, 0.5) is 17.1 Å². The molecule has 282 valence electrons. The standard InChI is InChI=1S/C55H35N3O2/c1-3-13-37(14-4-1)55-56-54-44(21-12-22-49(54)58(55)40-17-5-2-6-18-40)39-16-11-15-38(33-39)36-25-27-41(28-26-36)57(42-29-31-47-45-19-7-9-23-50(45)59-52(47)34-42)43-30-32-48-46-20-8-10-24-51(46)60-53(48)35-43/h1-35H. The minimum absolute atomic E-state index is 0.844. The van der Waals surface area contributed by atoms with Crippen LogP contribution in [0, 0.1) is 0 Å². The first-order valence-electron chi connectivity index (χ1n) is 20.2. The van der Waals surface area contributed by atoms with Gasteiger partial charge in [0.2, 0.25) is 0 Å². The summed E-state index contributed by atoms with van der Waals surface area (Å²) in [6.07, 6.45) is 0. The number of hydrogen-bond donors (Lipinski definition) is 0. The third-order valence-electron chi connectivity index (χ3n) is 11.6. The fraction of sp³-hybridized carbons (Fsp3) is 0. The van der Waals surface area contributed by atoms with Gasteiger partial charge in [-0.25, -0.2) is 4.98 Å². The zero-order chi connectivity index (χ0) is 39.6. The highest BCUT2D eigenvalue weighted by Gasteiger charge is 2.20. The molecule has 0 saturated carbocycles. The van der Waals surface area contributed by atoms with Crippen molar-refractivity contribution in [2.75, 3.05) is 4.90 Å². The summed E-state index contributed by atoms with van der Waals surface area (Å²) < 4.78 is 15.0. The van der Waals surface area contributed by atoms with Crippen LogP contribution in [0.3, 0.4) is 0 Å². The van der Waals surface area contributed by atoms with Gasteiger partial charge in [0, 0.05) is 67.6 Å². The Morgan fingerprint density at radius 2 is 0.900 bits per heavy atom. The van der Waals surface area contributed by atoms with Gasteiger partial charge in [0.15, 0.2) is 0 Å². The van der Waals surface area contributed by atoms with Crippen LogP contribution in [0.25, 0.3) is 94.2 Å². The Hall–Kier alpha value is -8.15. The summed E-state index contributed by atoms with van der Waals surface area (Å²) in [6, 6.07) is 74.3. The first-order chi connectivity index (χ1) is 29.7. The van der Waals surface area contributed by atoms with E-state index in [-0.39, 0.29) is 0 Å². The van der Waals surface area contributed by atoms with E-state index in [1.807, 2.05) is 36.4 Å². The zero-order valence-electron chi connectivity index (χ0n) is 32.4. The maximum Gasteiger partial charge on any atom is 0.145 e. The first-order valence-corrected chi connectivity index (χ1v) is 20.2. The van der Waals surface area contributed by atoms with Crippen molar-refractivity contribution in [1.29, 1.82) is 0 Å². The van der Waals surface area contributed by atoms with Crippen LogP contribution in [0.2, 0.25) is 0 Å². The molecule has 0 atom stereocenters. The second-order valence-corrected chi connectivity index (χ2v) is 15.2. The fourth-order valence-electron chi connectivity index (χ4n) is 8.78. The van der Waals surface area contributed by atoms with Gasteiger partial charge in [0.1, 0.15) is 28.2 Å².